The molecule has 4 nitrogen and oxygen atoms in total. The monoisotopic (exact) mass is 459 g/mol. The number of anilines is 1. The fraction of sp³-hybridized carbons (Fsp3) is 0.519. The Labute approximate surface area is 198 Å². The summed E-state index contributed by atoms with van der Waals surface area (Å²) >= 11 is 1.73. The van der Waals surface area contributed by atoms with Gasteiger partial charge in [0.15, 0.2) is 0 Å². The Kier molecular flexibility index (Phi) is 15.4. The Morgan fingerprint density at radius 2 is 1.56 bits per heavy atom. The van der Waals surface area contributed by atoms with Crippen LogP contribution in [-0.2, 0) is 11.2 Å². The lowest BCUT2D eigenvalue weighted by Crippen LogP contribution is -2.23. The molecule has 0 aliphatic heterocycles. The third-order valence-electron chi connectivity index (χ3n) is 5.27. The minimum atomic E-state index is -0.682. The van der Waals surface area contributed by atoms with Gasteiger partial charge in [-0.05, 0) is 49.8 Å². The topological polar surface area (TPSA) is 83.5 Å². The lowest BCUT2D eigenvalue weighted by atomic mass is 10.0. The van der Waals surface area contributed by atoms with Gasteiger partial charge in [-0.15, -0.1) is 11.8 Å². The van der Waals surface area contributed by atoms with Crippen molar-refractivity contribution in [1.82, 2.24) is 0 Å². The van der Waals surface area contributed by atoms with Gasteiger partial charge < -0.3 is 15.9 Å². The molecular weight excluding hydrogens is 418 g/mol. The van der Waals surface area contributed by atoms with Crippen LogP contribution < -0.4 is 5.73 Å². The molecule has 2 rings (SSSR count). The highest BCUT2D eigenvalue weighted by Crippen LogP contribution is 2.34. The molecule has 0 fully saturated rings. The van der Waals surface area contributed by atoms with Gasteiger partial charge in [0.25, 0.3) is 0 Å². The summed E-state index contributed by atoms with van der Waals surface area (Å²) in [6.45, 7) is 4.25. The summed E-state index contributed by atoms with van der Waals surface area (Å²) in [5.74, 6) is -0.682. The van der Waals surface area contributed by atoms with Crippen molar-refractivity contribution in [3.63, 3.8) is 0 Å². The van der Waals surface area contributed by atoms with Crippen LogP contribution in [0.15, 0.2) is 59.5 Å². The Balaban J connectivity index is 0.000000547. The standard InChI is InChI=1S/C21H29NOS.C6H12O2/c1-2-3-15-21(24-20-16-8-7-13-18(20)22)19(23)14-9-12-17-10-5-4-6-11-17;1-2-3-4-5-6(7)8/h4-8,10-11,13,16,19,21,23H,2-3,9,12,14-15,22H2,1H3;2-5H2,1H3,(H,7,8). The highest BCUT2D eigenvalue weighted by Gasteiger charge is 2.20. The van der Waals surface area contributed by atoms with Gasteiger partial charge in [-0.2, -0.15) is 0 Å². The van der Waals surface area contributed by atoms with E-state index in [2.05, 4.69) is 44.2 Å². The van der Waals surface area contributed by atoms with Gasteiger partial charge in [0.05, 0.1) is 6.10 Å². The Morgan fingerprint density at radius 1 is 0.906 bits per heavy atom. The summed E-state index contributed by atoms with van der Waals surface area (Å²) < 4.78 is 0. The van der Waals surface area contributed by atoms with Crippen molar-refractivity contribution in [2.45, 2.75) is 94.3 Å². The SMILES string of the molecule is CCCCC(Sc1ccccc1N)C(O)CCCc1ccccc1.CCCCCC(=O)O. The number of rotatable bonds is 14. The normalized spacial score (nSPS) is 12.5. The van der Waals surface area contributed by atoms with E-state index in [4.69, 9.17) is 10.8 Å². The highest BCUT2D eigenvalue weighted by atomic mass is 32.2. The molecule has 32 heavy (non-hydrogen) atoms. The van der Waals surface area contributed by atoms with Gasteiger partial charge >= 0.3 is 5.97 Å². The number of aliphatic carboxylic acids is 1. The van der Waals surface area contributed by atoms with Crippen LogP contribution >= 0.6 is 11.8 Å². The maximum Gasteiger partial charge on any atom is 0.303 e. The fourth-order valence-electron chi connectivity index (χ4n) is 3.36. The Bertz CT molecular complexity index is 739. The third kappa shape index (κ3) is 12.8. The molecule has 2 atom stereocenters. The zero-order chi connectivity index (χ0) is 23.6. The number of hydrogen-bond acceptors (Lipinski definition) is 4. The first-order valence-electron chi connectivity index (χ1n) is 11.9. The zero-order valence-electron chi connectivity index (χ0n) is 19.7. The van der Waals surface area contributed by atoms with Crippen molar-refractivity contribution in [1.29, 1.82) is 0 Å². The van der Waals surface area contributed by atoms with E-state index in [9.17, 15) is 9.90 Å². The quantitative estimate of drug-likeness (QED) is 0.162. The Morgan fingerprint density at radius 3 is 2.19 bits per heavy atom. The van der Waals surface area contributed by atoms with Crippen molar-refractivity contribution in [3.05, 3.63) is 60.2 Å². The summed E-state index contributed by atoms with van der Waals surface area (Å²) in [6, 6.07) is 18.4. The number of carboxylic acids is 1. The second-order valence-electron chi connectivity index (χ2n) is 8.13. The summed E-state index contributed by atoms with van der Waals surface area (Å²) in [7, 11) is 0. The second-order valence-corrected chi connectivity index (χ2v) is 9.41. The first-order valence-corrected chi connectivity index (χ1v) is 12.8. The van der Waals surface area contributed by atoms with Crippen LogP contribution in [-0.4, -0.2) is 27.5 Å². The third-order valence-corrected chi connectivity index (χ3v) is 6.75. The van der Waals surface area contributed by atoms with Crippen LogP contribution in [0.1, 0.15) is 77.2 Å². The van der Waals surface area contributed by atoms with E-state index in [1.165, 1.54) is 5.56 Å². The van der Waals surface area contributed by atoms with Gasteiger partial charge in [-0.1, -0.05) is 82.0 Å². The molecule has 178 valence electrons. The molecule has 0 saturated heterocycles. The second kappa shape index (κ2) is 17.6. The van der Waals surface area contributed by atoms with E-state index >= 15 is 0 Å². The predicted molar refractivity (Wildman–Crippen MR) is 137 cm³/mol. The van der Waals surface area contributed by atoms with Crippen molar-refractivity contribution >= 4 is 23.4 Å². The molecule has 0 radical (unpaired) electrons. The summed E-state index contributed by atoms with van der Waals surface area (Å²) in [4.78, 5) is 11.0. The number of hydrogen-bond donors (Lipinski definition) is 3. The first kappa shape index (κ1) is 28.1. The van der Waals surface area contributed by atoms with E-state index < -0.39 is 5.97 Å². The van der Waals surface area contributed by atoms with E-state index in [0.29, 0.717) is 6.42 Å². The minimum absolute atomic E-state index is 0.213. The van der Waals surface area contributed by atoms with Gasteiger partial charge in [0.2, 0.25) is 0 Å². The zero-order valence-corrected chi connectivity index (χ0v) is 20.5. The molecule has 2 aromatic rings. The van der Waals surface area contributed by atoms with Crippen molar-refractivity contribution in [3.8, 4) is 0 Å². The van der Waals surface area contributed by atoms with Gasteiger partial charge in [-0.25, -0.2) is 0 Å². The number of aliphatic hydroxyl groups is 1. The predicted octanol–water partition coefficient (Wildman–Crippen LogP) is 6.95. The van der Waals surface area contributed by atoms with E-state index in [1.54, 1.807) is 11.8 Å². The molecule has 0 heterocycles. The molecule has 0 aliphatic rings. The van der Waals surface area contributed by atoms with Crippen LogP contribution in [0.25, 0.3) is 0 Å². The van der Waals surface area contributed by atoms with Crippen LogP contribution in [0, 0.1) is 0 Å². The molecule has 0 spiro atoms. The molecule has 0 aromatic heterocycles. The number of nitrogen functional groups attached to an aromatic ring is 1. The average molecular weight is 460 g/mol. The van der Waals surface area contributed by atoms with E-state index in [1.807, 2.05) is 24.3 Å². The summed E-state index contributed by atoms with van der Waals surface area (Å²) in [6.07, 6.45) is 9.18. The van der Waals surface area contributed by atoms with Crippen molar-refractivity contribution in [2.75, 3.05) is 5.73 Å². The number of nitrogens with two attached hydrogens (primary N) is 1. The fourth-order valence-corrected chi connectivity index (χ4v) is 4.62. The summed E-state index contributed by atoms with van der Waals surface area (Å²) in [5, 5.41) is 19.1. The first-order chi connectivity index (χ1) is 15.5. The molecule has 2 unspecified atom stereocenters. The number of aliphatic hydroxyl groups excluding tert-OH is 1. The smallest absolute Gasteiger partial charge is 0.303 e. The summed E-state index contributed by atoms with van der Waals surface area (Å²) in [5.41, 5.74) is 8.22. The molecular formula is C27H41NO3S. The van der Waals surface area contributed by atoms with E-state index in [0.717, 1.165) is 68.4 Å². The number of unbranched alkanes of at least 4 members (excludes halogenated alkanes) is 3. The van der Waals surface area contributed by atoms with Crippen molar-refractivity contribution < 1.29 is 15.0 Å². The van der Waals surface area contributed by atoms with Crippen molar-refractivity contribution in [2.24, 2.45) is 0 Å². The molecule has 0 aliphatic carbocycles. The number of carbonyl (C=O) groups is 1. The lowest BCUT2D eigenvalue weighted by molar-refractivity contribution is -0.137. The number of benzene rings is 2. The maximum atomic E-state index is 10.7. The van der Waals surface area contributed by atoms with Crippen LogP contribution in [0.2, 0.25) is 0 Å². The number of aryl methyl sites for hydroxylation is 1. The average Bonchev–Trinajstić information content (AvgIpc) is 2.79. The number of thioether (sulfide) groups is 1. The Hall–Kier alpha value is -1.98. The molecule has 5 heteroatoms. The largest absolute Gasteiger partial charge is 0.481 e. The molecule has 0 amide bonds. The van der Waals surface area contributed by atoms with Crippen LogP contribution in [0.5, 0.6) is 0 Å². The molecule has 0 saturated carbocycles. The van der Waals surface area contributed by atoms with Gasteiger partial charge in [0, 0.05) is 22.3 Å². The maximum absolute atomic E-state index is 10.7. The molecule has 0 bridgehead atoms. The number of carboxylic acid groups (broad SMARTS) is 1. The van der Waals surface area contributed by atoms with Gasteiger partial charge in [0.1, 0.15) is 0 Å². The minimum Gasteiger partial charge on any atom is -0.481 e. The van der Waals surface area contributed by atoms with E-state index in [-0.39, 0.29) is 11.4 Å². The number of para-hydroxylation sites is 1. The highest BCUT2D eigenvalue weighted by molar-refractivity contribution is 8.00. The van der Waals surface area contributed by atoms with Crippen LogP contribution in [0.4, 0.5) is 5.69 Å². The lowest BCUT2D eigenvalue weighted by Gasteiger charge is -2.23. The molecule has 2 aromatic carbocycles. The molecule has 4 N–H and O–H groups in total. The van der Waals surface area contributed by atoms with Gasteiger partial charge in [-0.3, -0.25) is 4.79 Å². The van der Waals surface area contributed by atoms with Crippen LogP contribution in [0.3, 0.4) is 0 Å².